The Labute approximate surface area is 150 Å². The van der Waals surface area contributed by atoms with Crippen LogP contribution >= 0.6 is 0 Å². The average Bonchev–Trinajstić information content (AvgIpc) is 2.64. The van der Waals surface area contributed by atoms with Crippen LogP contribution in [0.4, 0.5) is 5.69 Å². The van der Waals surface area contributed by atoms with E-state index in [1.807, 2.05) is 36.4 Å². The highest BCUT2D eigenvalue weighted by Crippen LogP contribution is 2.18. The number of carbonyl (C=O) groups excluding carboxylic acids is 1. The third-order valence-electron chi connectivity index (χ3n) is 3.76. The lowest BCUT2D eigenvalue weighted by Gasteiger charge is -2.09. The molecule has 2 aromatic carbocycles. The highest BCUT2D eigenvalue weighted by molar-refractivity contribution is 6.04. The summed E-state index contributed by atoms with van der Waals surface area (Å²) < 4.78 is 11.2. The van der Waals surface area contributed by atoms with Crippen LogP contribution in [-0.4, -0.2) is 19.1 Å². The van der Waals surface area contributed by atoms with Gasteiger partial charge in [0.25, 0.3) is 5.91 Å². The van der Waals surface area contributed by atoms with Crippen molar-refractivity contribution in [3.63, 3.8) is 0 Å². The van der Waals surface area contributed by atoms with Gasteiger partial charge < -0.3 is 14.8 Å². The molecule has 0 radical (unpaired) electrons. The Morgan fingerprint density at radius 1 is 0.800 bits per heavy atom. The quantitative estimate of drug-likeness (QED) is 0.597. The standard InChI is InChI=1S/C21H27NO3/c1-3-5-15-24-19-11-7-17(8-12-19)21(23)22-18-9-13-20(14-10-18)25-16-6-4-2/h7-14H,3-6,15-16H2,1-2H3,(H,22,23). The van der Waals surface area contributed by atoms with Crippen LogP contribution in [0.15, 0.2) is 48.5 Å². The van der Waals surface area contributed by atoms with E-state index in [4.69, 9.17) is 9.47 Å². The molecular weight excluding hydrogens is 314 g/mol. The van der Waals surface area contributed by atoms with Crippen LogP contribution in [0.5, 0.6) is 11.5 Å². The van der Waals surface area contributed by atoms with Crippen LogP contribution in [-0.2, 0) is 0 Å². The van der Waals surface area contributed by atoms with E-state index in [2.05, 4.69) is 19.2 Å². The van der Waals surface area contributed by atoms with E-state index in [1.165, 1.54) is 0 Å². The second kappa shape index (κ2) is 10.4. The number of hydrogen-bond acceptors (Lipinski definition) is 3. The number of ether oxygens (including phenoxy) is 2. The fourth-order valence-corrected chi connectivity index (χ4v) is 2.21. The van der Waals surface area contributed by atoms with E-state index in [0.717, 1.165) is 49.5 Å². The van der Waals surface area contributed by atoms with Gasteiger partial charge in [0.1, 0.15) is 11.5 Å². The summed E-state index contributed by atoms with van der Waals surface area (Å²) in [6.07, 6.45) is 4.27. The number of anilines is 1. The maximum atomic E-state index is 12.3. The number of carbonyl (C=O) groups is 1. The molecule has 1 amide bonds. The molecule has 2 rings (SSSR count). The number of nitrogens with one attached hydrogen (secondary N) is 1. The van der Waals surface area contributed by atoms with Crippen LogP contribution in [0, 0.1) is 0 Å². The molecule has 0 aliphatic rings. The molecule has 0 aromatic heterocycles. The van der Waals surface area contributed by atoms with Crippen LogP contribution in [0.1, 0.15) is 49.9 Å². The van der Waals surface area contributed by atoms with Gasteiger partial charge >= 0.3 is 0 Å². The molecule has 4 heteroatoms. The largest absolute Gasteiger partial charge is 0.494 e. The van der Waals surface area contributed by atoms with Crippen LogP contribution in [0.25, 0.3) is 0 Å². The van der Waals surface area contributed by atoms with Gasteiger partial charge in [-0.05, 0) is 61.4 Å². The first-order chi connectivity index (χ1) is 12.2. The molecule has 0 heterocycles. The minimum atomic E-state index is -0.139. The predicted octanol–water partition coefficient (Wildman–Crippen LogP) is 5.30. The molecule has 0 spiro atoms. The van der Waals surface area contributed by atoms with Crippen molar-refractivity contribution in [1.29, 1.82) is 0 Å². The minimum absolute atomic E-state index is 0.139. The number of hydrogen-bond donors (Lipinski definition) is 1. The lowest BCUT2D eigenvalue weighted by Crippen LogP contribution is -2.11. The summed E-state index contributed by atoms with van der Waals surface area (Å²) in [6, 6.07) is 14.6. The smallest absolute Gasteiger partial charge is 0.255 e. The van der Waals surface area contributed by atoms with Gasteiger partial charge in [-0.15, -0.1) is 0 Å². The number of unbranched alkanes of at least 4 members (excludes halogenated alkanes) is 2. The molecule has 0 unspecified atom stereocenters. The van der Waals surface area contributed by atoms with Crippen LogP contribution < -0.4 is 14.8 Å². The summed E-state index contributed by atoms with van der Waals surface area (Å²) in [4.78, 5) is 12.3. The Morgan fingerprint density at radius 3 is 1.76 bits per heavy atom. The highest BCUT2D eigenvalue weighted by Gasteiger charge is 2.06. The molecule has 4 nitrogen and oxygen atoms in total. The van der Waals surface area contributed by atoms with E-state index in [0.29, 0.717) is 12.2 Å². The topological polar surface area (TPSA) is 47.6 Å². The van der Waals surface area contributed by atoms with Gasteiger partial charge in [0.2, 0.25) is 0 Å². The predicted molar refractivity (Wildman–Crippen MR) is 102 cm³/mol. The van der Waals surface area contributed by atoms with E-state index in [-0.39, 0.29) is 5.91 Å². The van der Waals surface area contributed by atoms with E-state index < -0.39 is 0 Å². The van der Waals surface area contributed by atoms with E-state index >= 15 is 0 Å². The van der Waals surface area contributed by atoms with Crippen molar-refractivity contribution in [2.45, 2.75) is 39.5 Å². The second-order valence-electron chi connectivity index (χ2n) is 5.91. The molecule has 0 saturated heterocycles. The van der Waals surface area contributed by atoms with Crippen LogP contribution in [0.3, 0.4) is 0 Å². The van der Waals surface area contributed by atoms with Gasteiger partial charge in [0, 0.05) is 11.3 Å². The third kappa shape index (κ3) is 6.49. The molecule has 0 aliphatic carbocycles. The zero-order chi connectivity index (χ0) is 17.9. The zero-order valence-corrected chi connectivity index (χ0v) is 15.1. The lowest BCUT2D eigenvalue weighted by molar-refractivity contribution is 0.102. The Hall–Kier alpha value is -2.49. The first-order valence-electron chi connectivity index (χ1n) is 9.00. The van der Waals surface area contributed by atoms with Crippen molar-refractivity contribution in [1.82, 2.24) is 0 Å². The van der Waals surface area contributed by atoms with Crippen molar-refractivity contribution in [3.8, 4) is 11.5 Å². The molecule has 0 aliphatic heterocycles. The summed E-state index contributed by atoms with van der Waals surface area (Å²) in [7, 11) is 0. The minimum Gasteiger partial charge on any atom is -0.494 e. The third-order valence-corrected chi connectivity index (χ3v) is 3.76. The molecule has 0 bridgehead atoms. The summed E-state index contributed by atoms with van der Waals surface area (Å²) in [6.45, 7) is 5.68. The van der Waals surface area contributed by atoms with Crippen molar-refractivity contribution in [2.24, 2.45) is 0 Å². The summed E-state index contributed by atoms with van der Waals surface area (Å²) in [5.41, 5.74) is 1.35. The van der Waals surface area contributed by atoms with Crippen molar-refractivity contribution >= 4 is 11.6 Å². The number of rotatable bonds is 10. The fraction of sp³-hybridized carbons (Fsp3) is 0.381. The Bertz CT molecular complexity index is 635. The molecule has 0 fully saturated rings. The first-order valence-corrected chi connectivity index (χ1v) is 9.00. The van der Waals surface area contributed by atoms with Crippen molar-refractivity contribution in [3.05, 3.63) is 54.1 Å². The maximum Gasteiger partial charge on any atom is 0.255 e. The number of amides is 1. The maximum absolute atomic E-state index is 12.3. The van der Waals surface area contributed by atoms with Gasteiger partial charge in [0.05, 0.1) is 13.2 Å². The summed E-state index contributed by atoms with van der Waals surface area (Å²) in [5.74, 6) is 1.47. The van der Waals surface area contributed by atoms with Gasteiger partial charge in [-0.2, -0.15) is 0 Å². The molecule has 1 N–H and O–H groups in total. The Kier molecular flexibility index (Phi) is 7.83. The monoisotopic (exact) mass is 341 g/mol. The Balaban J connectivity index is 1.86. The van der Waals surface area contributed by atoms with E-state index in [1.54, 1.807) is 12.1 Å². The summed E-state index contributed by atoms with van der Waals surface area (Å²) in [5, 5.41) is 2.89. The Morgan fingerprint density at radius 2 is 1.28 bits per heavy atom. The molecule has 0 saturated carbocycles. The van der Waals surface area contributed by atoms with Gasteiger partial charge in [-0.25, -0.2) is 0 Å². The normalized spacial score (nSPS) is 10.3. The highest BCUT2D eigenvalue weighted by atomic mass is 16.5. The van der Waals surface area contributed by atoms with Gasteiger partial charge in [0.15, 0.2) is 0 Å². The van der Waals surface area contributed by atoms with Crippen molar-refractivity contribution < 1.29 is 14.3 Å². The van der Waals surface area contributed by atoms with Gasteiger partial charge in [-0.1, -0.05) is 26.7 Å². The SMILES string of the molecule is CCCCOc1ccc(NC(=O)c2ccc(OCCCC)cc2)cc1. The molecular formula is C21H27NO3. The fourth-order valence-electron chi connectivity index (χ4n) is 2.21. The summed E-state index contributed by atoms with van der Waals surface area (Å²) >= 11 is 0. The molecule has 2 aromatic rings. The second-order valence-corrected chi connectivity index (χ2v) is 5.91. The van der Waals surface area contributed by atoms with Gasteiger partial charge in [-0.3, -0.25) is 4.79 Å². The zero-order valence-electron chi connectivity index (χ0n) is 15.1. The lowest BCUT2D eigenvalue weighted by atomic mass is 10.2. The van der Waals surface area contributed by atoms with Crippen molar-refractivity contribution in [2.75, 3.05) is 18.5 Å². The molecule has 134 valence electrons. The molecule has 0 atom stereocenters. The molecule has 25 heavy (non-hydrogen) atoms. The average molecular weight is 341 g/mol. The van der Waals surface area contributed by atoms with E-state index in [9.17, 15) is 4.79 Å². The number of benzene rings is 2. The van der Waals surface area contributed by atoms with Crippen LogP contribution in [0.2, 0.25) is 0 Å². The first kappa shape index (κ1) is 18.8.